The van der Waals surface area contributed by atoms with Gasteiger partial charge in [0.25, 0.3) is 0 Å². The van der Waals surface area contributed by atoms with Crippen LogP contribution in [0, 0.1) is 23.1 Å². The van der Waals surface area contributed by atoms with E-state index in [0.29, 0.717) is 27.1 Å². The first-order valence-corrected chi connectivity index (χ1v) is 9.34. The largest absolute Gasteiger partial charge is 0.379 e. The van der Waals surface area contributed by atoms with Gasteiger partial charge in [0.1, 0.15) is 17.7 Å². The number of rotatable bonds is 3. The Hall–Kier alpha value is -2.72. The minimum Gasteiger partial charge on any atom is -0.379 e. The molecule has 1 aliphatic carbocycles. The first-order valence-electron chi connectivity index (χ1n) is 8.46. The number of pyridine rings is 1. The van der Waals surface area contributed by atoms with E-state index in [2.05, 4.69) is 9.98 Å². The number of fused-ring (bicyclic) bond motifs is 1. The van der Waals surface area contributed by atoms with Crippen molar-refractivity contribution in [2.24, 2.45) is 16.6 Å². The molecule has 1 aromatic carbocycles. The van der Waals surface area contributed by atoms with Crippen molar-refractivity contribution in [3.8, 4) is 6.07 Å². The number of hydrogen-bond donors (Lipinski definition) is 1. The minimum absolute atomic E-state index is 0.115. The van der Waals surface area contributed by atoms with E-state index in [9.17, 15) is 8.78 Å². The van der Waals surface area contributed by atoms with Crippen LogP contribution in [0.3, 0.4) is 0 Å². The molecule has 1 unspecified atom stereocenters. The predicted octanol–water partition coefficient (Wildman–Crippen LogP) is 4.23. The average molecular weight is 382 g/mol. The van der Waals surface area contributed by atoms with Gasteiger partial charge in [-0.1, -0.05) is 17.8 Å². The molecule has 7 heteroatoms. The van der Waals surface area contributed by atoms with Crippen LogP contribution >= 0.6 is 11.8 Å². The van der Waals surface area contributed by atoms with Crippen LogP contribution in [-0.4, -0.2) is 15.4 Å². The molecule has 27 heavy (non-hydrogen) atoms. The topological polar surface area (TPSA) is 75.1 Å². The summed E-state index contributed by atoms with van der Waals surface area (Å²) in [4.78, 5) is 8.46. The van der Waals surface area contributed by atoms with E-state index in [1.54, 1.807) is 6.07 Å². The zero-order valence-electron chi connectivity index (χ0n) is 14.5. The monoisotopic (exact) mass is 382 g/mol. The average Bonchev–Trinajstić information content (AvgIpc) is 3.43. The molecule has 0 radical (unpaired) electrons. The summed E-state index contributed by atoms with van der Waals surface area (Å²) in [5.41, 5.74) is 6.59. The number of halogens is 2. The summed E-state index contributed by atoms with van der Waals surface area (Å²) >= 11 is 1.54. The van der Waals surface area contributed by atoms with Crippen molar-refractivity contribution in [3.05, 3.63) is 64.7 Å². The van der Waals surface area contributed by atoms with Crippen LogP contribution in [0.25, 0.3) is 11.9 Å². The van der Waals surface area contributed by atoms with Gasteiger partial charge < -0.3 is 5.73 Å². The maximum atomic E-state index is 14.6. The van der Waals surface area contributed by atoms with E-state index in [4.69, 9.17) is 11.0 Å². The van der Waals surface area contributed by atoms with E-state index in [1.165, 1.54) is 48.3 Å². The lowest BCUT2D eigenvalue weighted by Crippen LogP contribution is -2.31. The summed E-state index contributed by atoms with van der Waals surface area (Å²) in [5, 5.41) is 9.62. The van der Waals surface area contributed by atoms with E-state index in [-0.39, 0.29) is 17.4 Å². The Morgan fingerprint density at radius 1 is 1.41 bits per heavy atom. The molecule has 1 aliphatic heterocycles. The first-order chi connectivity index (χ1) is 12.9. The molecule has 1 saturated carbocycles. The summed E-state index contributed by atoms with van der Waals surface area (Å²) < 4.78 is 29.1. The molecular weight excluding hydrogens is 366 g/mol. The molecule has 2 N–H and O–H groups in total. The standard InChI is InChI=1S/C20H16F2N4S/c1-20(14-8-18(14)27-19(24)26-20)13-6-11(2-4-15(13)21)7-16(22)17-5-3-12(9-23)10-25-17/h2-7,10,14,18H,8H2,1H3,(H2,24,26)/b16-7-/t14-,18?,20-/m1/s1. The lowest BCUT2D eigenvalue weighted by Gasteiger charge is -2.30. The van der Waals surface area contributed by atoms with E-state index in [0.717, 1.165) is 6.42 Å². The first kappa shape index (κ1) is 17.7. The highest BCUT2D eigenvalue weighted by Crippen LogP contribution is 2.57. The van der Waals surface area contributed by atoms with Crippen LogP contribution in [0.1, 0.15) is 35.7 Å². The van der Waals surface area contributed by atoms with Crippen molar-refractivity contribution in [3.63, 3.8) is 0 Å². The Bertz CT molecular complexity index is 1010. The maximum Gasteiger partial charge on any atom is 0.155 e. The molecule has 0 amide bonds. The lowest BCUT2D eigenvalue weighted by atomic mass is 9.86. The number of thioether (sulfide) groups is 1. The highest BCUT2D eigenvalue weighted by Gasteiger charge is 2.55. The zero-order chi connectivity index (χ0) is 19.2. The molecule has 0 saturated heterocycles. The smallest absolute Gasteiger partial charge is 0.155 e. The fraction of sp³-hybridized carbons (Fsp3) is 0.250. The highest BCUT2D eigenvalue weighted by molar-refractivity contribution is 8.14. The molecule has 136 valence electrons. The van der Waals surface area contributed by atoms with Crippen molar-refractivity contribution >= 4 is 28.8 Å². The van der Waals surface area contributed by atoms with Crippen molar-refractivity contribution < 1.29 is 8.78 Å². The van der Waals surface area contributed by atoms with Gasteiger partial charge in [0, 0.05) is 22.9 Å². The summed E-state index contributed by atoms with van der Waals surface area (Å²) in [6.45, 7) is 1.88. The van der Waals surface area contributed by atoms with Gasteiger partial charge in [0.15, 0.2) is 5.17 Å². The summed E-state index contributed by atoms with van der Waals surface area (Å²) in [7, 11) is 0. The Morgan fingerprint density at radius 3 is 2.93 bits per heavy atom. The fourth-order valence-corrected chi connectivity index (χ4v) is 4.77. The number of benzene rings is 1. The van der Waals surface area contributed by atoms with Gasteiger partial charge in [-0.25, -0.2) is 8.78 Å². The third-order valence-electron chi connectivity index (χ3n) is 5.03. The van der Waals surface area contributed by atoms with Crippen molar-refractivity contribution in [1.82, 2.24) is 4.98 Å². The Kier molecular flexibility index (Phi) is 4.23. The zero-order valence-corrected chi connectivity index (χ0v) is 15.3. The number of hydrogen-bond acceptors (Lipinski definition) is 5. The van der Waals surface area contributed by atoms with Crippen LogP contribution in [0.15, 0.2) is 41.5 Å². The summed E-state index contributed by atoms with van der Waals surface area (Å²) in [5.74, 6) is -0.706. The third kappa shape index (κ3) is 3.21. The van der Waals surface area contributed by atoms with Gasteiger partial charge in [-0.3, -0.25) is 9.98 Å². The van der Waals surface area contributed by atoms with Crippen molar-refractivity contribution in [2.45, 2.75) is 24.1 Å². The number of nitrogens with zero attached hydrogens (tertiary/aromatic N) is 3. The van der Waals surface area contributed by atoms with Gasteiger partial charge in [-0.2, -0.15) is 5.26 Å². The third-order valence-corrected chi connectivity index (χ3v) is 6.19. The fourth-order valence-electron chi connectivity index (χ4n) is 3.49. The van der Waals surface area contributed by atoms with Crippen LogP contribution in [0.2, 0.25) is 0 Å². The number of nitrogens with two attached hydrogens (primary N) is 1. The van der Waals surface area contributed by atoms with Gasteiger partial charge in [0.05, 0.1) is 16.8 Å². The van der Waals surface area contributed by atoms with E-state index in [1.807, 2.05) is 13.0 Å². The van der Waals surface area contributed by atoms with Crippen molar-refractivity contribution in [1.29, 1.82) is 5.26 Å². The number of amidine groups is 1. The van der Waals surface area contributed by atoms with E-state index >= 15 is 0 Å². The summed E-state index contributed by atoms with van der Waals surface area (Å²) in [6.07, 6.45) is 3.55. The molecule has 4 rings (SSSR count). The second kappa shape index (κ2) is 6.46. The Morgan fingerprint density at radius 2 is 2.22 bits per heavy atom. The Balaban J connectivity index is 1.70. The van der Waals surface area contributed by atoms with Crippen molar-refractivity contribution in [2.75, 3.05) is 0 Å². The van der Waals surface area contributed by atoms with Gasteiger partial charge in [-0.15, -0.1) is 0 Å². The predicted molar refractivity (Wildman–Crippen MR) is 103 cm³/mol. The van der Waals surface area contributed by atoms with Gasteiger partial charge >= 0.3 is 0 Å². The lowest BCUT2D eigenvalue weighted by molar-refractivity contribution is 0.408. The molecule has 1 aromatic heterocycles. The second-order valence-electron chi connectivity index (χ2n) is 6.87. The number of aliphatic imine (C=N–C) groups is 1. The van der Waals surface area contributed by atoms with Gasteiger partial charge in [0.2, 0.25) is 0 Å². The van der Waals surface area contributed by atoms with Crippen LogP contribution in [-0.2, 0) is 5.54 Å². The molecule has 2 heterocycles. The van der Waals surface area contributed by atoms with Crippen LogP contribution in [0.4, 0.5) is 8.78 Å². The molecular formula is C20H16F2N4S. The molecule has 1 fully saturated rings. The van der Waals surface area contributed by atoms with Gasteiger partial charge in [-0.05, 0) is 49.2 Å². The quantitative estimate of drug-likeness (QED) is 0.862. The molecule has 4 nitrogen and oxygen atoms in total. The highest BCUT2D eigenvalue weighted by atomic mass is 32.2. The molecule has 3 atom stereocenters. The SMILES string of the molecule is C[C@]1(c2cc(/C=C(\F)c3ccc(C#N)cn3)ccc2F)N=C(N)SC2C[C@H]21. The minimum atomic E-state index is -0.739. The summed E-state index contributed by atoms with van der Waals surface area (Å²) in [6, 6.07) is 9.34. The Labute approximate surface area is 159 Å². The number of aromatic nitrogens is 1. The normalized spacial score (nSPS) is 26.7. The van der Waals surface area contributed by atoms with E-state index < -0.39 is 11.4 Å². The number of nitriles is 1. The molecule has 0 bridgehead atoms. The van der Waals surface area contributed by atoms with Crippen LogP contribution < -0.4 is 5.73 Å². The molecule has 2 aromatic rings. The molecule has 2 aliphatic rings. The van der Waals surface area contributed by atoms with Crippen LogP contribution in [0.5, 0.6) is 0 Å². The second-order valence-corrected chi connectivity index (χ2v) is 8.13. The molecule has 0 spiro atoms. The maximum absolute atomic E-state index is 14.6.